The topological polar surface area (TPSA) is 39.2 Å². The lowest BCUT2D eigenvalue weighted by molar-refractivity contribution is 0.00686. The Morgan fingerprint density at radius 2 is 1.72 bits per heavy atom. The first-order chi connectivity index (χ1) is 8.50. The van der Waals surface area contributed by atoms with E-state index in [2.05, 4.69) is 0 Å². The second-order valence-corrected chi connectivity index (χ2v) is 4.01. The van der Waals surface area contributed by atoms with Gasteiger partial charge in [-0.1, -0.05) is 0 Å². The number of rotatable bonds is 4. The molecule has 96 valence electrons. The Balaban J connectivity index is 2.18. The summed E-state index contributed by atoms with van der Waals surface area (Å²) in [5, 5.41) is 0. The molecule has 2 nitrogen and oxygen atoms in total. The third-order valence-electron chi connectivity index (χ3n) is 2.52. The smallest absolute Gasteiger partial charge is 0.267 e. The van der Waals surface area contributed by atoms with Gasteiger partial charge in [0, 0.05) is 5.56 Å². The van der Waals surface area contributed by atoms with Gasteiger partial charge < -0.3 is 10.2 Å². The van der Waals surface area contributed by atoms with Gasteiger partial charge in [0.2, 0.25) is 0 Å². The van der Waals surface area contributed by atoms with Crippen LogP contribution in [0, 0.1) is 5.82 Å². The molecular weight excluding hydrogens is 243 g/mol. The third kappa shape index (κ3) is 2.92. The van der Waals surface area contributed by atoms with Gasteiger partial charge in [-0.15, -0.1) is 0 Å². The Kier molecular flexibility index (Phi) is 3.43. The van der Waals surface area contributed by atoms with Gasteiger partial charge in [0.15, 0.2) is 0 Å². The molecule has 2 N–H and O–H groups in total. The summed E-state index contributed by atoms with van der Waals surface area (Å²) in [6, 6.07) is 8.67. The number of halogens is 3. The molecule has 0 spiro atoms. The van der Waals surface area contributed by atoms with E-state index in [1.54, 1.807) is 6.07 Å². The summed E-state index contributed by atoms with van der Waals surface area (Å²) in [5.74, 6) is -2.75. The maximum atomic E-state index is 13.1. The highest BCUT2D eigenvalue weighted by atomic mass is 19.3. The van der Waals surface area contributed by atoms with Crippen LogP contribution in [-0.4, -0.2) is 12.5 Å². The molecular formula is C13H12F3NO. The molecule has 0 saturated carbocycles. The van der Waals surface area contributed by atoms with Crippen molar-refractivity contribution in [1.29, 1.82) is 0 Å². The van der Waals surface area contributed by atoms with E-state index in [9.17, 15) is 13.2 Å². The standard InChI is InChI=1S/C13H12F3NO/c14-10-3-1-9(2-4-10)12-6-5-11(18-12)7-13(15,16)8-17/h1-6H,7-8,17H2. The maximum Gasteiger partial charge on any atom is 0.267 e. The van der Waals surface area contributed by atoms with E-state index in [1.807, 2.05) is 0 Å². The van der Waals surface area contributed by atoms with E-state index >= 15 is 0 Å². The predicted octanol–water partition coefficient (Wildman–Crippen LogP) is 3.22. The van der Waals surface area contributed by atoms with Crippen LogP contribution in [0.5, 0.6) is 0 Å². The summed E-state index contributed by atoms with van der Waals surface area (Å²) in [5.41, 5.74) is 5.59. The quantitative estimate of drug-likeness (QED) is 0.911. The molecule has 0 atom stereocenters. The molecule has 0 radical (unpaired) electrons. The lowest BCUT2D eigenvalue weighted by Gasteiger charge is -2.11. The van der Waals surface area contributed by atoms with Gasteiger partial charge >= 0.3 is 0 Å². The fourth-order valence-electron chi connectivity index (χ4n) is 1.57. The average Bonchev–Trinajstić information content (AvgIpc) is 2.78. The third-order valence-corrected chi connectivity index (χ3v) is 2.52. The highest BCUT2D eigenvalue weighted by molar-refractivity contribution is 5.57. The van der Waals surface area contributed by atoms with Crippen LogP contribution in [0.15, 0.2) is 40.8 Å². The van der Waals surface area contributed by atoms with Crippen LogP contribution in [0.3, 0.4) is 0 Å². The van der Waals surface area contributed by atoms with Crippen LogP contribution in [0.25, 0.3) is 11.3 Å². The van der Waals surface area contributed by atoms with Crippen molar-refractivity contribution >= 4 is 0 Å². The van der Waals surface area contributed by atoms with Crippen molar-refractivity contribution < 1.29 is 17.6 Å². The van der Waals surface area contributed by atoms with Crippen LogP contribution in [0.4, 0.5) is 13.2 Å². The lowest BCUT2D eigenvalue weighted by Crippen LogP contribution is -2.29. The van der Waals surface area contributed by atoms with Crippen molar-refractivity contribution in [3.05, 3.63) is 48.0 Å². The fraction of sp³-hybridized carbons (Fsp3) is 0.231. The zero-order chi connectivity index (χ0) is 13.2. The number of hydrogen-bond acceptors (Lipinski definition) is 2. The summed E-state index contributed by atoms with van der Waals surface area (Å²) in [7, 11) is 0. The molecule has 0 fully saturated rings. The first-order valence-corrected chi connectivity index (χ1v) is 5.43. The molecule has 0 amide bonds. The largest absolute Gasteiger partial charge is 0.461 e. The normalized spacial score (nSPS) is 11.8. The number of furan rings is 1. The zero-order valence-corrected chi connectivity index (χ0v) is 9.50. The Hall–Kier alpha value is -1.75. The predicted molar refractivity (Wildman–Crippen MR) is 61.8 cm³/mol. The Morgan fingerprint density at radius 3 is 2.33 bits per heavy atom. The molecule has 18 heavy (non-hydrogen) atoms. The van der Waals surface area contributed by atoms with E-state index in [-0.39, 0.29) is 11.6 Å². The lowest BCUT2D eigenvalue weighted by atomic mass is 10.2. The summed E-state index contributed by atoms with van der Waals surface area (Å²) in [6.07, 6.45) is -0.537. The maximum absolute atomic E-state index is 13.1. The molecule has 0 aliphatic carbocycles. The molecule has 0 aliphatic rings. The fourth-order valence-corrected chi connectivity index (χ4v) is 1.57. The van der Waals surface area contributed by atoms with Gasteiger partial charge in [-0.05, 0) is 36.4 Å². The molecule has 0 aliphatic heterocycles. The molecule has 5 heteroatoms. The highest BCUT2D eigenvalue weighted by Crippen LogP contribution is 2.26. The SMILES string of the molecule is NCC(F)(F)Cc1ccc(-c2ccc(F)cc2)o1. The van der Waals surface area contributed by atoms with Crippen LogP contribution < -0.4 is 5.73 Å². The van der Waals surface area contributed by atoms with Crippen LogP contribution in [0.1, 0.15) is 5.76 Å². The molecule has 1 heterocycles. The molecule has 0 unspecified atom stereocenters. The molecule has 0 saturated heterocycles. The summed E-state index contributed by atoms with van der Waals surface area (Å²) < 4.78 is 44.2. The number of nitrogens with two attached hydrogens (primary N) is 1. The molecule has 1 aromatic heterocycles. The summed E-state index contributed by atoms with van der Waals surface area (Å²) >= 11 is 0. The molecule has 2 aromatic rings. The average molecular weight is 255 g/mol. The van der Waals surface area contributed by atoms with Crippen LogP contribution in [-0.2, 0) is 6.42 Å². The van der Waals surface area contributed by atoms with E-state index in [1.165, 1.54) is 30.3 Å². The van der Waals surface area contributed by atoms with Crippen molar-refractivity contribution in [2.45, 2.75) is 12.3 Å². The van der Waals surface area contributed by atoms with Gasteiger partial charge in [0.05, 0.1) is 13.0 Å². The highest BCUT2D eigenvalue weighted by Gasteiger charge is 2.28. The zero-order valence-electron chi connectivity index (χ0n) is 9.50. The minimum Gasteiger partial charge on any atom is -0.461 e. The monoisotopic (exact) mass is 255 g/mol. The van der Waals surface area contributed by atoms with E-state index in [0.29, 0.717) is 11.3 Å². The van der Waals surface area contributed by atoms with Gasteiger partial charge in [-0.3, -0.25) is 0 Å². The number of benzene rings is 1. The summed E-state index contributed by atoms with van der Waals surface area (Å²) in [4.78, 5) is 0. The second-order valence-electron chi connectivity index (χ2n) is 4.01. The van der Waals surface area contributed by atoms with Crippen molar-refractivity contribution in [1.82, 2.24) is 0 Å². The minimum absolute atomic E-state index is 0.157. The van der Waals surface area contributed by atoms with Crippen molar-refractivity contribution in [3.8, 4) is 11.3 Å². The van der Waals surface area contributed by atoms with Crippen LogP contribution in [0.2, 0.25) is 0 Å². The van der Waals surface area contributed by atoms with Crippen molar-refractivity contribution in [2.24, 2.45) is 5.73 Å². The summed E-state index contributed by atoms with van der Waals surface area (Å²) in [6.45, 7) is -0.723. The first-order valence-electron chi connectivity index (χ1n) is 5.43. The van der Waals surface area contributed by atoms with Gasteiger partial charge in [-0.25, -0.2) is 13.2 Å². The van der Waals surface area contributed by atoms with Crippen molar-refractivity contribution in [3.63, 3.8) is 0 Å². The first kappa shape index (κ1) is 12.7. The Labute approximate surface area is 102 Å². The molecule has 2 rings (SSSR count). The Morgan fingerprint density at radius 1 is 1.06 bits per heavy atom. The molecule has 1 aromatic carbocycles. The van der Waals surface area contributed by atoms with E-state index in [4.69, 9.17) is 10.2 Å². The second kappa shape index (κ2) is 4.86. The van der Waals surface area contributed by atoms with Gasteiger partial charge in [-0.2, -0.15) is 0 Å². The minimum atomic E-state index is -2.97. The Bertz CT molecular complexity index is 519. The van der Waals surface area contributed by atoms with Crippen LogP contribution >= 0.6 is 0 Å². The number of alkyl halides is 2. The van der Waals surface area contributed by atoms with E-state index in [0.717, 1.165) is 0 Å². The van der Waals surface area contributed by atoms with E-state index < -0.39 is 18.9 Å². The van der Waals surface area contributed by atoms with Gasteiger partial charge in [0.25, 0.3) is 5.92 Å². The molecule has 0 bridgehead atoms. The van der Waals surface area contributed by atoms with Gasteiger partial charge in [0.1, 0.15) is 17.3 Å². The number of hydrogen-bond donors (Lipinski definition) is 1. The van der Waals surface area contributed by atoms with Crippen molar-refractivity contribution in [2.75, 3.05) is 6.54 Å².